The van der Waals surface area contributed by atoms with Gasteiger partial charge in [0, 0.05) is 24.7 Å². The first-order valence-corrected chi connectivity index (χ1v) is 6.47. The standard InChI is InChI=1S/C14H20F2N2O/c1-18(9-14(19)5-10(6-14)7-17)8-11-2-3-12(15)4-13(11)16/h2-4,10,19H,5-9,17H2,1H3. The summed E-state index contributed by atoms with van der Waals surface area (Å²) >= 11 is 0. The van der Waals surface area contributed by atoms with Crippen molar-refractivity contribution in [3.63, 3.8) is 0 Å². The van der Waals surface area contributed by atoms with E-state index in [1.165, 1.54) is 12.1 Å². The normalized spacial score (nSPS) is 26.5. The lowest BCUT2D eigenvalue weighted by Crippen LogP contribution is -2.53. The van der Waals surface area contributed by atoms with Gasteiger partial charge in [-0.15, -0.1) is 0 Å². The zero-order valence-corrected chi connectivity index (χ0v) is 11.1. The van der Waals surface area contributed by atoms with Crippen LogP contribution < -0.4 is 5.73 Å². The number of nitrogens with two attached hydrogens (primary N) is 1. The molecule has 0 spiro atoms. The molecule has 1 aromatic rings. The monoisotopic (exact) mass is 270 g/mol. The first-order chi connectivity index (χ1) is 8.92. The number of halogens is 2. The Morgan fingerprint density at radius 1 is 1.42 bits per heavy atom. The van der Waals surface area contributed by atoms with E-state index in [1.54, 1.807) is 0 Å². The summed E-state index contributed by atoms with van der Waals surface area (Å²) in [6.07, 6.45) is 1.39. The Balaban J connectivity index is 1.89. The van der Waals surface area contributed by atoms with E-state index in [1.807, 2.05) is 11.9 Å². The molecular formula is C14H20F2N2O. The Morgan fingerprint density at radius 3 is 2.68 bits per heavy atom. The average Bonchev–Trinajstić information content (AvgIpc) is 2.29. The number of benzene rings is 1. The van der Waals surface area contributed by atoms with Crippen LogP contribution in [0.1, 0.15) is 18.4 Å². The van der Waals surface area contributed by atoms with Gasteiger partial charge >= 0.3 is 0 Å². The Kier molecular flexibility index (Phi) is 4.18. The second-order valence-corrected chi connectivity index (χ2v) is 5.64. The smallest absolute Gasteiger partial charge is 0.130 e. The van der Waals surface area contributed by atoms with Gasteiger partial charge in [-0.05, 0) is 38.4 Å². The average molecular weight is 270 g/mol. The SMILES string of the molecule is CN(Cc1ccc(F)cc1F)CC1(O)CC(CN)C1. The lowest BCUT2D eigenvalue weighted by molar-refractivity contribution is -0.0883. The van der Waals surface area contributed by atoms with Crippen LogP contribution in [0.15, 0.2) is 18.2 Å². The Bertz CT molecular complexity index is 447. The van der Waals surface area contributed by atoms with Crippen molar-refractivity contribution in [1.29, 1.82) is 0 Å². The molecule has 1 aliphatic rings. The molecule has 106 valence electrons. The van der Waals surface area contributed by atoms with E-state index in [-0.39, 0.29) is 0 Å². The van der Waals surface area contributed by atoms with Gasteiger partial charge in [-0.1, -0.05) is 6.07 Å². The van der Waals surface area contributed by atoms with Crippen molar-refractivity contribution in [2.24, 2.45) is 11.7 Å². The molecule has 1 fully saturated rings. The number of hydrogen-bond acceptors (Lipinski definition) is 3. The van der Waals surface area contributed by atoms with E-state index in [0.717, 1.165) is 6.07 Å². The van der Waals surface area contributed by atoms with Gasteiger partial charge in [0.15, 0.2) is 0 Å². The molecule has 0 unspecified atom stereocenters. The molecule has 0 bridgehead atoms. The number of aliphatic hydroxyl groups is 1. The van der Waals surface area contributed by atoms with Gasteiger partial charge in [0.2, 0.25) is 0 Å². The first kappa shape index (κ1) is 14.4. The zero-order valence-electron chi connectivity index (χ0n) is 11.1. The van der Waals surface area contributed by atoms with Crippen LogP contribution in [0.2, 0.25) is 0 Å². The minimum atomic E-state index is -0.713. The molecule has 5 heteroatoms. The molecule has 0 heterocycles. The predicted octanol–water partition coefficient (Wildman–Crippen LogP) is 1.50. The number of hydrogen-bond donors (Lipinski definition) is 2. The molecule has 0 atom stereocenters. The molecule has 1 saturated carbocycles. The van der Waals surface area contributed by atoms with Crippen LogP contribution in [0.5, 0.6) is 0 Å². The van der Waals surface area contributed by atoms with Gasteiger partial charge in [-0.2, -0.15) is 0 Å². The van der Waals surface area contributed by atoms with E-state index >= 15 is 0 Å². The summed E-state index contributed by atoms with van der Waals surface area (Å²) in [5, 5.41) is 10.2. The Morgan fingerprint density at radius 2 is 2.11 bits per heavy atom. The summed E-state index contributed by atoms with van der Waals surface area (Å²) in [7, 11) is 1.82. The summed E-state index contributed by atoms with van der Waals surface area (Å²) in [4.78, 5) is 1.85. The fourth-order valence-electron chi connectivity index (χ4n) is 2.81. The van der Waals surface area contributed by atoms with E-state index in [4.69, 9.17) is 5.73 Å². The van der Waals surface area contributed by atoms with E-state index < -0.39 is 17.2 Å². The van der Waals surface area contributed by atoms with Crippen molar-refractivity contribution in [2.75, 3.05) is 20.1 Å². The van der Waals surface area contributed by atoms with Crippen LogP contribution in [-0.4, -0.2) is 35.7 Å². The summed E-state index contributed by atoms with van der Waals surface area (Å²) in [5.41, 5.74) is 5.25. The van der Waals surface area contributed by atoms with E-state index in [9.17, 15) is 13.9 Å². The molecule has 2 rings (SSSR count). The van der Waals surface area contributed by atoms with Crippen LogP contribution in [0.4, 0.5) is 8.78 Å². The number of likely N-dealkylation sites (N-methyl/N-ethyl adjacent to an activating group) is 1. The molecule has 0 aliphatic heterocycles. The summed E-state index contributed by atoms with van der Waals surface area (Å²) in [5.74, 6) is -0.736. The molecule has 0 amide bonds. The zero-order chi connectivity index (χ0) is 14.0. The number of nitrogens with zero attached hydrogens (tertiary/aromatic N) is 1. The van der Waals surface area contributed by atoms with Gasteiger partial charge in [-0.25, -0.2) is 8.78 Å². The predicted molar refractivity (Wildman–Crippen MR) is 69.4 cm³/mol. The molecular weight excluding hydrogens is 250 g/mol. The van der Waals surface area contributed by atoms with Crippen molar-refractivity contribution in [1.82, 2.24) is 4.90 Å². The molecule has 3 N–H and O–H groups in total. The van der Waals surface area contributed by atoms with Crippen molar-refractivity contribution in [3.8, 4) is 0 Å². The van der Waals surface area contributed by atoms with Crippen LogP contribution in [0.3, 0.4) is 0 Å². The first-order valence-electron chi connectivity index (χ1n) is 6.47. The summed E-state index contributed by atoms with van der Waals surface area (Å²) < 4.78 is 26.3. The van der Waals surface area contributed by atoms with Crippen molar-refractivity contribution >= 4 is 0 Å². The lowest BCUT2D eigenvalue weighted by Gasteiger charge is -2.45. The van der Waals surface area contributed by atoms with Crippen molar-refractivity contribution < 1.29 is 13.9 Å². The highest BCUT2D eigenvalue weighted by Gasteiger charge is 2.42. The summed E-state index contributed by atoms with van der Waals surface area (Å²) in [6, 6.07) is 3.56. The highest BCUT2D eigenvalue weighted by atomic mass is 19.1. The highest BCUT2D eigenvalue weighted by molar-refractivity contribution is 5.18. The van der Waals surface area contributed by atoms with Gasteiger partial charge in [0.1, 0.15) is 11.6 Å². The molecule has 0 saturated heterocycles. The third-order valence-electron chi connectivity index (χ3n) is 3.69. The van der Waals surface area contributed by atoms with Gasteiger partial charge in [0.25, 0.3) is 0 Å². The fraction of sp³-hybridized carbons (Fsp3) is 0.571. The number of rotatable bonds is 5. The third kappa shape index (κ3) is 3.49. The maximum atomic E-state index is 13.5. The van der Waals surface area contributed by atoms with Crippen molar-refractivity contribution in [2.45, 2.75) is 25.0 Å². The second kappa shape index (κ2) is 5.53. The van der Waals surface area contributed by atoms with E-state index in [0.29, 0.717) is 44.0 Å². The van der Waals surface area contributed by atoms with Crippen LogP contribution in [-0.2, 0) is 6.54 Å². The molecule has 3 nitrogen and oxygen atoms in total. The largest absolute Gasteiger partial charge is 0.389 e. The van der Waals surface area contributed by atoms with Crippen LogP contribution in [0, 0.1) is 17.6 Å². The maximum absolute atomic E-state index is 13.5. The van der Waals surface area contributed by atoms with Gasteiger partial charge in [0.05, 0.1) is 5.60 Å². The highest BCUT2D eigenvalue weighted by Crippen LogP contribution is 2.37. The quantitative estimate of drug-likeness (QED) is 0.852. The fourth-order valence-corrected chi connectivity index (χ4v) is 2.81. The minimum absolute atomic E-state index is 0.349. The minimum Gasteiger partial charge on any atom is -0.389 e. The molecule has 1 aliphatic carbocycles. The van der Waals surface area contributed by atoms with Crippen LogP contribution >= 0.6 is 0 Å². The van der Waals surface area contributed by atoms with E-state index in [2.05, 4.69) is 0 Å². The van der Waals surface area contributed by atoms with Gasteiger partial charge in [-0.3, -0.25) is 4.90 Å². The molecule has 0 radical (unpaired) electrons. The third-order valence-corrected chi connectivity index (χ3v) is 3.69. The topological polar surface area (TPSA) is 49.5 Å². The van der Waals surface area contributed by atoms with Gasteiger partial charge < -0.3 is 10.8 Å². The van der Waals surface area contributed by atoms with Crippen molar-refractivity contribution in [3.05, 3.63) is 35.4 Å². The lowest BCUT2D eigenvalue weighted by atomic mass is 9.70. The van der Waals surface area contributed by atoms with Crippen LogP contribution in [0.25, 0.3) is 0 Å². The maximum Gasteiger partial charge on any atom is 0.130 e. The Hall–Kier alpha value is -1.04. The Labute approximate surface area is 112 Å². The molecule has 19 heavy (non-hydrogen) atoms. The summed E-state index contributed by atoms with van der Waals surface area (Å²) in [6.45, 7) is 1.42. The second-order valence-electron chi connectivity index (χ2n) is 5.64. The molecule has 1 aromatic carbocycles. The molecule has 0 aromatic heterocycles.